The summed E-state index contributed by atoms with van der Waals surface area (Å²) in [6.07, 6.45) is 1.88. The van der Waals surface area contributed by atoms with Gasteiger partial charge >= 0.3 is 0 Å². The highest BCUT2D eigenvalue weighted by Crippen LogP contribution is 2.34. The van der Waals surface area contributed by atoms with Crippen LogP contribution < -0.4 is 19.6 Å². The minimum Gasteiger partial charge on any atom is -0.454 e. The van der Waals surface area contributed by atoms with Crippen molar-refractivity contribution < 1.29 is 9.47 Å². The average molecular weight is 424 g/mol. The van der Waals surface area contributed by atoms with Gasteiger partial charge in [-0.2, -0.15) is 0 Å². The molecule has 0 N–H and O–H groups in total. The third-order valence-electron chi connectivity index (χ3n) is 5.25. The summed E-state index contributed by atoms with van der Waals surface area (Å²) in [5, 5.41) is 0. The molecule has 0 saturated heterocycles. The van der Waals surface area contributed by atoms with Crippen LogP contribution in [0.4, 0.5) is 0 Å². The summed E-state index contributed by atoms with van der Waals surface area (Å²) in [6.45, 7) is 0.223. The Morgan fingerprint density at radius 3 is 2.35 bits per heavy atom. The van der Waals surface area contributed by atoms with Crippen molar-refractivity contribution in [1.29, 1.82) is 0 Å². The van der Waals surface area contributed by atoms with Gasteiger partial charge in [0, 0.05) is 11.1 Å². The normalized spacial score (nSPS) is 13.2. The highest BCUT2D eigenvalue weighted by Gasteiger charge is 2.20. The second kappa shape index (κ2) is 7.11. The van der Waals surface area contributed by atoms with Crippen molar-refractivity contribution in [1.82, 2.24) is 9.38 Å². The van der Waals surface area contributed by atoms with Crippen molar-refractivity contribution in [3.63, 3.8) is 0 Å². The van der Waals surface area contributed by atoms with Crippen molar-refractivity contribution in [2.24, 2.45) is 0 Å². The molecule has 0 amide bonds. The van der Waals surface area contributed by atoms with E-state index >= 15 is 0 Å². The zero-order chi connectivity index (χ0) is 20.8. The van der Waals surface area contributed by atoms with Crippen molar-refractivity contribution in [2.45, 2.75) is 0 Å². The number of thiazole rings is 1. The lowest BCUT2D eigenvalue weighted by Gasteiger charge is -2.04. The van der Waals surface area contributed by atoms with E-state index in [1.165, 1.54) is 11.3 Å². The Morgan fingerprint density at radius 1 is 0.871 bits per heavy atom. The molecule has 5 aromatic rings. The van der Waals surface area contributed by atoms with Gasteiger partial charge in [0.15, 0.2) is 16.5 Å². The van der Waals surface area contributed by atoms with E-state index in [0.717, 1.165) is 33.8 Å². The summed E-state index contributed by atoms with van der Waals surface area (Å²) in [6, 6.07) is 25.6. The first-order chi connectivity index (χ1) is 15.3. The molecule has 0 atom stereocenters. The molecule has 0 radical (unpaired) electrons. The topological polar surface area (TPSA) is 52.8 Å². The van der Waals surface area contributed by atoms with E-state index in [9.17, 15) is 4.79 Å². The highest BCUT2D eigenvalue weighted by atomic mass is 32.1. The molecule has 0 aliphatic carbocycles. The Bertz CT molecular complexity index is 1520. The van der Waals surface area contributed by atoms with Crippen LogP contribution in [0.3, 0.4) is 0 Å². The molecule has 6 rings (SSSR count). The highest BCUT2D eigenvalue weighted by molar-refractivity contribution is 7.15. The standard InChI is InChI=1S/C25H16N2O3S/c28-24-21(14-16-11-12-19-20(13-16)30-15-29-19)31-25-26-22(17-7-3-1-4-8-17)23(27(24)25)18-9-5-2-6-10-18/h1-14H,15H2/b21-14+. The molecule has 0 fully saturated rings. The van der Waals surface area contributed by atoms with E-state index < -0.39 is 0 Å². The molecule has 3 aromatic carbocycles. The summed E-state index contributed by atoms with van der Waals surface area (Å²) in [7, 11) is 0. The largest absolute Gasteiger partial charge is 0.454 e. The van der Waals surface area contributed by atoms with Gasteiger partial charge < -0.3 is 9.47 Å². The van der Waals surface area contributed by atoms with Crippen LogP contribution in [-0.2, 0) is 0 Å². The number of aromatic nitrogens is 2. The minimum absolute atomic E-state index is 0.0776. The molecule has 1 aliphatic heterocycles. The quantitative estimate of drug-likeness (QED) is 0.432. The van der Waals surface area contributed by atoms with Crippen LogP contribution in [0.15, 0.2) is 83.7 Å². The van der Waals surface area contributed by atoms with Gasteiger partial charge in [0.1, 0.15) is 0 Å². The molecule has 0 unspecified atom stereocenters. The predicted octanol–water partition coefficient (Wildman–Crippen LogP) is 4.37. The molecule has 6 heteroatoms. The van der Waals surface area contributed by atoms with Gasteiger partial charge in [-0.15, -0.1) is 0 Å². The maximum absolute atomic E-state index is 13.5. The smallest absolute Gasteiger partial charge is 0.274 e. The Balaban J connectivity index is 1.59. The number of fused-ring (bicyclic) bond motifs is 2. The molecule has 2 aromatic heterocycles. The lowest BCUT2D eigenvalue weighted by atomic mass is 10.1. The van der Waals surface area contributed by atoms with Crippen molar-refractivity contribution in [3.8, 4) is 34.0 Å². The number of benzene rings is 3. The van der Waals surface area contributed by atoms with Gasteiger partial charge in [0.05, 0.1) is 15.9 Å². The lowest BCUT2D eigenvalue weighted by molar-refractivity contribution is 0.174. The maximum Gasteiger partial charge on any atom is 0.274 e. The molecule has 0 spiro atoms. The molecule has 150 valence electrons. The van der Waals surface area contributed by atoms with Crippen LogP contribution in [-0.4, -0.2) is 16.2 Å². The first-order valence-electron chi connectivity index (χ1n) is 9.85. The van der Waals surface area contributed by atoms with E-state index in [-0.39, 0.29) is 12.4 Å². The van der Waals surface area contributed by atoms with Crippen LogP contribution in [0.25, 0.3) is 33.6 Å². The second-order valence-electron chi connectivity index (χ2n) is 7.19. The van der Waals surface area contributed by atoms with Gasteiger partial charge in [-0.05, 0) is 23.8 Å². The van der Waals surface area contributed by atoms with Gasteiger partial charge in [-0.3, -0.25) is 4.79 Å². The Hall–Kier alpha value is -3.90. The minimum atomic E-state index is -0.0776. The van der Waals surface area contributed by atoms with Crippen LogP contribution in [0.2, 0.25) is 0 Å². The number of hydrogen-bond donors (Lipinski definition) is 0. The number of rotatable bonds is 3. The fourth-order valence-electron chi connectivity index (χ4n) is 3.81. The van der Waals surface area contributed by atoms with Crippen LogP contribution in [0, 0.1) is 0 Å². The van der Waals surface area contributed by atoms with E-state index in [1.807, 2.05) is 84.9 Å². The van der Waals surface area contributed by atoms with Gasteiger partial charge in [-0.1, -0.05) is 78.1 Å². The molecule has 3 heterocycles. The van der Waals surface area contributed by atoms with Crippen molar-refractivity contribution >= 4 is 22.4 Å². The Morgan fingerprint density at radius 2 is 1.58 bits per heavy atom. The summed E-state index contributed by atoms with van der Waals surface area (Å²) in [4.78, 5) is 19.0. The second-order valence-corrected chi connectivity index (χ2v) is 8.20. The Labute approximate surface area is 181 Å². The first-order valence-corrected chi connectivity index (χ1v) is 10.7. The molecule has 1 aliphatic rings. The lowest BCUT2D eigenvalue weighted by Crippen LogP contribution is -2.23. The monoisotopic (exact) mass is 424 g/mol. The van der Waals surface area contributed by atoms with Gasteiger partial charge in [0.2, 0.25) is 6.79 Å². The average Bonchev–Trinajstić information content (AvgIpc) is 3.50. The summed E-state index contributed by atoms with van der Waals surface area (Å²) < 4.78 is 13.2. The van der Waals surface area contributed by atoms with E-state index in [4.69, 9.17) is 14.5 Å². The number of hydrogen-bond acceptors (Lipinski definition) is 5. The van der Waals surface area contributed by atoms with E-state index in [1.54, 1.807) is 4.40 Å². The summed E-state index contributed by atoms with van der Waals surface area (Å²) >= 11 is 1.39. The fraction of sp³-hybridized carbons (Fsp3) is 0.0400. The zero-order valence-corrected chi connectivity index (χ0v) is 17.1. The SMILES string of the molecule is O=c1/c(=C\c2ccc3c(c2)OCO3)sc2nc(-c3ccccc3)c(-c3ccccc3)n12. The van der Waals surface area contributed by atoms with Crippen LogP contribution in [0.5, 0.6) is 11.5 Å². The van der Waals surface area contributed by atoms with Crippen molar-refractivity contribution in [2.75, 3.05) is 6.79 Å². The molecule has 0 bridgehead atoms. The number of nitrogens with zero attached hydrogens (tertiary/aromatic N) is 2. The number of ether oxygens (including phenoxy) is 2. The Kier molecular flexibility index (Phi) is 4.11. The van der Waals surface area contributed by atoms with Crippen molar-refractivity contribution in [3.05, 3.63) is 99.3 Å². The molecule has 31 heavy (non-hydrogen) atoms. The summed E-state index contributed by atoms with van der Waals surface area (Å²) in [5.74, 6) is 1.42. The van der Waals surface area contributed by atoms with E-state index in [0.29, 0.717) is 15.2 Å². The zero-order valence-electron chi connectivity index (χ0n) is 16.3. The molecular weight excluding hydrogens is 408 g/mol. The fourth-order valence-corrected chi connectivity index (χ4v) is 4.79. The third kappa shape index (κ3) is 3.00. The first kappa shape index (κ1) is 17.9. The summed E-state index contributed by atoms with van der Waals surface area (Å²) in [5.41, 5.74) is 4.37. The number of imidazole rings is 1. The molecule has 0 saturated carbocycles. The predicted molar refractivity (Wildman–Crippen MR) is 122 cm³/mol. The maximum atomic E-state index is 13.5. The third-order valence-corrected chi connectivity index (χ3v) is 6.22. The van der Waals surface area contributed by atoms with E-state index in [2.05, 4.69) is 0 Å². The van der Waals surface area contributed by atoms with Gasteiger partial charge in [-0.25, -0.2) is 9.38 Å². The molecule has 5 nitrogen and oxygen atoms in total. The van der Waals surface area contributed by atoms with Gasteiger partial charge in [0.25, 0.3) is 5.56 Å². The van der Waals surface area contributed by atoms with Crippen LogP contribution in [0.1, 0.15) is 5.56 Å². The molecular formula is C25H16N2O3S. The van der Waals surface area contributed by atoms with Crippen LogP contribution >= 0.6 is 11.3 Å².